The highest BCUT2D eigenvalue weighted by Crippen LogP contribution is 2.32. The van der Waals surface area contributed by atoms with Crippen LogP contribution < -0.4 is 11.1 Å². The van der Waals surface area contributed by atoms with Gasteiger partial charge in [0.2, 0.25) is 0 Å². The maximum absolute atomic E-state index is 12.1. The highest BCUT2D eigenvalue weighted by Gasteiger charge is 2.14. The van der Waals surface area contributed by atoms with E-state index in [0.717, 1.165) is 14.5 Å². The van der Waals surface area contributed by atoms with Crippen molar-refractivity contribution in [1.82, 2.24) is 4.98 Å². The van der Waals surface area contributed by atoms with Crippen molar-refractivity contribution in [2.24, 2.45) is 0 Å². The number of amides is 1. The van der Waals surface area contributed by atoms with Crippen LogP contribution in [0.2, 0.25) is 0 Å². The Kier molecular flexibility index (Phi) is 4.21. The third-order valence-corrected chi connectivity index (χ3v) is 3.73. The van der Waals surface area contributed by atoms with E-state index in [9.17, 15) is 4.79 Å². The van der Waals surface area contributed by atoms with Crippen LogP contribution in [0.15, 0.2) is 39.4 Å². The molecule has 0 aliphatic rings. The monoisotopic (exact) mass is 383 g/mol. The van der Waals surface area contributed by atoms with Crippen LogP contribution in [-0.2, 0) is 0 Å². The van der Waals surface area contributed by atoms with Gasteiger partial charge in [0, 0.05) is 15.1 Å². The maximum Gasteiger partial charge on any atom is 0.276 e. The number of nitrogens with two attached hydrogens (primary N) is 1. The Morgan fingerprint density at radius 1 is 1.32 bits per heavy atom. The molecule has 0 saturated carbocycles. The number of aryl methyl sites for hydroxylation is 1. The Hall–Kier alpha value is -1.40. The Labute approximate surface area is 127 Å². The minimum atomic E-state index is -0.344. The standard InChI is InChI=1S/C13H11Br2N3O/c1-7-5-8(14)11(9(15)6-7)18-13(19)12-10(16)3-2-4-17-12/h2-6H,16H2,1H3,(H,18,19). The average Bonchev–Trinajstić information content (AvgIpc) is 2.34. The molecule has 19 heavy (non-hydrogen) atoms. The van der Waals surface area contributed by atoms with Crippen molar-refractivity contribution >= 4 is 49.1 Å². The molecule has 2 aromatic rings. The van der Waals surface area contributed by atoms with E-state index in [1.165, 1.54) is 6.20 Å². The number of hydrogen-bond donors (Lipinski definition) is 2. The molecule has 1 amide bonds. The van der Waals surface area contributed by atoms with Crippen molar-refractivity contribution in [3.63, 3.8) is 0 Å². The van der Waals surface area contributed by atoms with E-state index in [-0.39, 0.29) is 11.6 Å². The number of carbonyl (C=O) groups excluding carboxylic acids is 1. The summed E-state index contributed by atoms with van der Waals surface area (Å²) in [5.74, 6) is -0.344. The van der Waals surface area contributed by atoms with Crippen LogP contribution in [0, 0.1) is 6.92 Å². The molecule has 0 fully saturated rings. The molecule has 0 unspecified atom stereocenters. The zero-order valence-corrected chi connectivity index (χ0v) is 13.2. The summed E-state index contributed by atoms with van der Waals surface area (Å²) in [5.41, 5.74) is 8.02. The first-order valence-electron chi connectivity index (χ1n) is 5.46. The lowest BCUT2D eigenvalue weighted by atomic mass is 10.2. The Morgan fingerprint density at radius 3 is 2.53 bits per heavy atom. The molecule has 4 nitrogen and oxygen atoms in total. The van der Waals surface area contributed by atoms with Crippen LogP contribution in [0.25, 0.3) is 0 Å². The van der Waals surface area contributed by atoms with Crippen molar-refractivity contribution in [3.8, 4) is 0 Å². The van der Waals surface area contributed by atoms with Crippen LogP contribution in [-0.4, -0.2) is 10.9 Å². The third-order valence-electron chi connectivity index (χ3n) is 2.48. The highest BCUT2D eigenvalue weighted by atomic mass is 79.9. The average molecular weight is 385 g/mol. The van der Waals surface area contributed by atoms with Crippen LogP contribution in [0.3, 0.4) is 0 Å². The number of halogens is 2. The van der Waals surface area contributed by atoms with Crippen LogP contribution in [0.1, 0.15) is 16.1 Å². The molecule has 98 valence electrons. The lowest BCUT2D eigenvalue weighted by Crippen LogP contribution is -2.16. The summed E-state index contributed by atoms with van der Waals surface area (Å²) in [6.07, 6.45) is 1.53. The topological polar surface area (TPSA) is 68.0 Å². The minimum Gasteiger partial charge on any atom is -0.397 e. The second-order valence-electron chi connectivity index (χ2n) is 4.00. The second-order valence-corrected chi connectivity index (χ2v) is 5.71. The number of nitrogens with one attached hydrogen (secondary N) is 1. The number of aromatic nitrogens is 1. The van der Waals surface area contributed by atoms with Crippen molar-refractivity contribution < 1.29 is 4.79 Å². The Morgan fingerprint density at radius 2 is 1.95 bits per heavy atom. The Balaban J connectivity index is 2.32. The number of rotatable bonds is 2. The largest absolute Gasteiger partial charge is 0.397 e. The van der Waals surface area contributed by atoms with E-state index < -0.39 is 0 Å². The van der Waals surface area contributed by atoms with Gasteiger partial charge in [-0.25, -0.2) is 4.98 Å². The van der Waals surface area contributed by atoms with Gasteiger partial charge in [-0.3, -0.25) is 4.79 Å². The summed E-state index contributed by atoms with van der Waals surface area (Å²) in [6, 6.07) is 7.16. The molecule has 0 spiro atoms. The number of carbonyl (C=O) groups is 1. The fourth-order valence-corrected chi connectivity index (χ4v) is 3.21. The smallest absolute Gasteiger partial charge is 0.276 e. The van der Waals surface area contributed by atoms with Gasteiger partial charge in [0.1, 0.15) is 0 Å². The quantitative estimate of drug-likeness (QED) is 0.828. The van der Waals surface area contributed by atoms with E-state index >= 15 is 0 Å². The van der Waals surface area contributed by atoms with Gasteiger partial charge in [-0.2, -0.15) is 0 Å². The minimum absolute atomic E-state index is 0.210. The number of nitrogen functional groups attached to an aromatic ring is 1. The summed E-state index contributed by atoms with van der Waals surface area (Å²) < 4.78 is 1.59. The van der Waals surface area contributed by atoms with Crippen LogP contribution in [0.4, 0.5) is 11.4 Å². The van der Waals surface area contributed by atoms with E-state index in [1.807, 2.05) is 19.1 Å². The fraction of sp³-hybridized carbons (Fsp3) is 0.0769. The molecular formula is C13H11Br2N3O. The number of hydrogen-bond acceptors (Lipinski definition) is 3. The van der Waals surface area contributed by atoms with Gasteiger partial charge in [0.15, 0.2) is 5.69 Å². The zero-order chi connectivity index (χ0) is 14.0. The molecule has 0 atom stereocenters. The fourth-order valence-electron chi connectivity index (χ4n) is 1.60. The molecule has 0 aliphatic carbocycles. The van der Waals surface area contributed by atoms with E-state index in [0.29, 0.717) is 11.4 Å². The van der Waals surface area contributed by atoms with Gasteiger partial charge in [-0.15, -0.1) is 0 Å². The van der Waals surface area contributed by atoms with Gasteiger partial charge in [0.25, 0.3) is 5.91 Å². The van der Waals surface area contributed by atoms with Gasteiger partial charge >= 0.3 is 0 Å². The third kappa shape index (κ3) is 3.13. The van der Waals surface area contributed by atoms with Crippen LogP contribution >= 0.6 is 31.9 Å². The molecule has 2 rings (SSSR count). The van der Waals surface area contributed by atoms with Gasteiger partial charge < -0.3 is 11.1 Å². The number of nitrogens with zero attached hydrogens (tertiary/aromatic N) is 1. The van der Waals surface area contributed by atoms with Crippen molar-refractivity contribution in [2.75, 3.05) is 11.1 Å². The van der Waals surface area contributed by atoms with Crippen molar-refractivity contribution in [2.45, 2.75) is 6.92 Å². The highest BCUT2D eigenvalue weighted by molar-refractivity contribution is 9.11. The van der Waals surface area contributed by atoms with Gasteiger partial charge in [0.05, 0.1) is 11.4 Å². The molecule has 3 N–H and O–H groups in total. The predicted molar refractivity (Wildman–Crippen MR) is 83.2 cm³/mol. The molecule has 0 saturated heterocycles. The van der Waals surface area contributed by atoms with Crippen LogP contribution in [0.5, 0.6) is 0 Å². The lowest BCUT2D eigenvalue weighted by Gasteiger charge is -2.11. The lowest BCUT2D eigenvalue weighted by molar-refractivity contribution is 0.102. The number of pyridine rings is 1. The molecule has 1 heterocycles. The van der Waals surface area contributed by atoms with Gasteiger partial charge in [-0.1, -0.05) is 0 Å². The SMILES string of the molecule is Cc1cc(Br)c(NC(=O)c2ncccc2N)c(Br)c1. The Bertz CT molecular complexity index is 621. The zero-order valence-electron chi connectivity index (χ0n) is 10.1. The first-order chi connectivity index (χ1) is 8.99. The van der Waals surface area contributed by atoms with E-state index in [4.69, 9.17) is 5.73 Å². The van der Waals surface area contributed by atoms with E-state index in [1.54, 1.807) is 12.1 Å². The van der Waals surface area contributed by atoms with Gasteiger partial charge in [-0.05, 0) is 68.6 Å². The molecule has 1 aromatic heterocycles. The number of benzene rings is 1. The first-order valence-corrected chi connectivity index (χ1v) is 7.05. The molecule has 6 heteroatoms. The predicted octanol–water partition coefficient (Wildman–Crippen LogP) is 3.75. The summed E-state index contributed by atoms with van der Waals surface area (Å²) in [7, 11) is 0. The molecule has 0 bridgehead atoms. The summed E-state index contributed by atoms with van der Waals surface area (Å²) in [6.45, 7) is 1.97. The normalized spacial score (nSPS) is 10.3. The number of anilines is 2. The van der Waals surface area contributed by atoms with Crippen molar-refractivity contribution in [1.29, 1.82) is 0 Å². The summed E-state index contributed by atoms with van der Waals surface area (Å²) >= 11 is 6.84. The molecule has 0 aliphatic heterocycles. The summed E-state index contributed by atoms with van der Waals surface area (Å²) in [5, 5.41) is 2.79. The molecule has 0 radical (unpaired) electrons. The summed E-state index contributed by atoms with van der Waals surface area (Å²) in [4.78, 5) is 16.1. The maximum atomic E-state index is 12.1. The molecular weight excluding hydrogens is 374 g/mol. The second kappa shape index (κ2) is 5.71. The molecule has 1 aromatic carbocycles. The van der Waals surface area contributed by atoms with Crippen molar-refractivity contribution in [3.05, 3.63) is 50.7 Å². The van der Waals surface area contributed by atoms with E-state index in [2.05, 4.69) is 42.2 Å². The first kappa shape index (κ1) is 14.0.